The van der Waals surface area contributed by atoms with Crippen LogP contribution in [0, 0.1) is 6.92 Å². The van der Waals surface area contributed by atoms with Gasteiger partial charge in [-0.3, -0.25) is 9.71 Å². The summed E-state index contributed by atoms with van der Waals surface area (Å²) in [5.41, 5.74) is 2.16. The first-order valence-electron chi connectivity index (χ1n) is 7.86. The standard InChI is InChI=1S/C18H18N4O3S/c1-12-9-13-5-3-8-16(17(13)20-11-12)26(24,25)22-15-7-4-6-14(10-15)21-18(23)19-2/h3-11,22H,1-2H3,(H2,19,21,23). The van der Waals surface area contributed by atoms with Crippen molar-refractivity contribution in [1.82, 2.24) is 10.3 Å². The Morgan fingerprint density at radius 2 is 1.77 bits per heavy atom. The van der Waals surface area contributed by atoms with Gasteiger partial charge in [-0.2, -0.15) is 0 Å². The zero-order chi connectivity index (χ0) is 18.7. The molecule has 0 bridgehead atoms. The number of fused-ring (bicyclic) bond motifs is 1. The molecule has 2 amide bonds. The van der Waals surface area contributed by atoms with Gasteiger partial charge in [0.25, 0.3) is 10.0 Å². The highest BCUT2D eigenvalue weighted by Crippen LogP contribution is 2.25. The van der Waals surface area contributed by atoms with Crippen LogP contribution in [-0.4, -0.2) is 26.5 Å². The van der Waals surface area contributed by atoms with E-state index >= 15 is 0 Å². The van der Waals surface area contributed by atoms with Crippen molar-refractivity contribution in [2.75, 3.05) is 17.1 Å². The Morgan fingerprint density at radius 3 is 2.54 bits per heavy atom. The smallest absolute Gasteiger partial charge is 0.318 e. The zero-order valence-electron chi connectivity index (χ0n) is 14.3. The lowest BCUT2D eigenvalue weighted by molar-refractivity contribution is 0.254. The van der Waals surface area contributed by atoms with Crippen molar-refractivity contribution >= 4 is 38.3 Å². The van der Waals surface area contributed by atoms with Crippen LogP contribution >= 0.6 is 0 Å². The Hall–Kier alpha value is -3.13. The van der Waals surface area contributed by atoms with Crippen LogP contribution in [0.3, 0.4) is 0 Å². The third kappa shape index (κ3) is 3.75. The number of rotatable bonds is 4. The van der Waals surface area contributed by atoms with Crippen LogP contribution < -0.4 is 15.4 Å². The lowest BCUT2D eigenvalue weighted by atomic mass is 10.2. The van der Waals surface area contributed by atoms with Crippen molar-refractivity contribution in [2.45, 2.75) is 11.8 Å². The highest BCUT2D eigenvalue weighted by molar-refractivity contribution is 7.93. The molecule has 3 rings (SSSR count). The second kappa shape index (κ2) is 7.01. The van der Waals surface area contributed by atoms with Gasteiger partial charge >= 0.3 is 6.03 Å². The molecule has 26 heavy (non-hydrogen) atoms. The number of aryl methyl sites for hydroxylation is 1. The molecule has 0 spiro atoms. The highest BCUT2D eigenvalue weighted by atomic mass is 32.2. The van der Waals surface area contributed by atoms with E-state index in [4.69, 9.17) is 0 Å². The lowest BCUT2D eigenvalue weighted by Crippen LogP contribution is -2.24. The average Bonchev–Trinajstić information content (AvgIpc) is 2.60. The molecule has 1 aromatic heterocycles. The third-order valence-electron chi connectivity index (χ3n) is 3.70. The fourth-order valence-corrected chi connectivity index (χ4v) is 3.75. The first-order valence-corrected chi connectivity index (χ1v) is 9.34. The molecule has 0 aliphatic heterocycles. The van der Waals surface area contributed by atoms with Crippen molar-refractivity contribution < 1.29 is 13.2 Å². The summed E-state index contributed by atoms with van der Waals surface area (Å²) in [6, 6.07) is 13.0. The summed E-state index contributed by atoms with van der Waals surface area (Å²) in [7, 11) is -2.35. The molecule has 2 aromatic carbocycles. The quantitative estimate of drug-likeness (QED) is 0.657. The van der Waals surface area contributed by atoms with Crippen LogP contribution in [0.25, 0.3) is 10.9 Å². The number of benzene rings is 2. The summed E-state index contributed by atoms with van der Waals surface area (Å²) >= 11 is 0. The number of anilines is 2. The average molecular weight is 370 g/mol. The normalized spacial score (nSPS) is 11.2. The molecule has 0 unspecified atom stereocenters. The first-order chi connectivity index (χ1) is 12.4. The number of carbonyl (C=O) groups is 1. The Bertz CT molecular complexity index is 1080. The third-order valence-corrected chi connectivity index (χ3v) is 5.11. The van der Waals surface area contributed by atoms with Gasteiger partial charge in [0.2, 0.25) is 0 Å². The van der Waals surface area contributed by atoms with Crippen LogP contribution in [-0.2, 0) is 10.0 Å². The molecule has 7 nitrogen and oxygen atoms in total. The lowest BCUT2D eigenvalue weighted by Gasteiger charge is -2.12. The number of nitrogens with one attached hydrogen (secondary N) is 3. The Morgan fingerprint density at radius 1 is 1.04 bits per heavy atom. The van der Waals surface area contributed by atoms with Gasteiger partial charge in [0.15, 0.2) is 0 Å². The SMILES string of the molecule is CNC(=O)Nc1cccc(NS(=O)(=O)c2cccc3cc(C)cnc23)c1. The maximum absolute atomic E-state index is 12.8. The molecule has 0 saturated carbocycles. The van der Waals surface area contributed by atoms with Gasteiger partial charge < -0.3 is 10.6 Å². The first kappa shape index (κ1) is 17.7. The molecule has 0 aliphatic rings. The summed E-state index contributed by atoms with van der Waals surface area (Å²) in [6.45, 7) is 1.90. The van der Waals surface area contributed by atoms with E-state index in [1.54, 1.807) is 30.5 Å². The Balaban J connectivity index is 1.95. The number of sulfonamides is 1. The number of para-hydroxylation sites is 1. The van der Waals surface area contributed by atoms with E-state index in [2.05, 4.69) is 20.3 Å². The monoisotopic (exact) mass is 370 g/mol. The van der Waals surface area contributed by atoms with Crippen LogP contribution in [0.15, 0.2) is 59.6 Å². The van der Waals surface area contributed by atoms with Crippen LogP contribution in [0.4, 0.5) is 16.2 Å². The minimum Gasteiger partial charge on any atom is -0.341 e. The number of hydrogen-bond acceptors (Lipinski definition) is 4. The molecule has 0 saturated heterocycles. The summed E-state index contributed by atoms with van der Waals surface area (Å²) in [4.78, 5) is 15.8. The highest BCUT2D eigenvalue weighted by Gasteiger charge is 2.18. The number of pyridine rings is 1. The molecular weight excluding hydrogens is 352 g/mol. The Labute approximate surface area is 151 Å². The van der Waals surface area contributed by atoms with Crippen molar-refractivity contribution in [2.24, 2.45) is 0 Å². The fourth-order valence-electron chi connectivity index (χ4n) is 2.52. The summed E-state index contributed by atoms with van der Waals surface area (Å²) < 4.78 is 28.2. The molecule has 0 aliphatic carbocycles. The molecule has 3 aromatic rings. The minimum absolute atomic E-state index is 0.0969. The van der Waals surface area contributed by atoms with Crippen molar-refractivity contribution in [3.63, 3.8) is 0 Å². The van der Waals surface area contributed by atoms with E-state index in [0.29, 0.717) is 16.9 Å². The maximum Gasteiger partial charge on any atom is 0.318 e. The van der Waals surface area contributed by atoms with E-state index in [-0.39, 0.29) is 4.90 Å². The maximum atomic E-state index is 12.8. The predicted molar refractivity (Wildman–Crippen MR) is 102 cm³/mol. The number of hydrogen-bond donors (Lipinski definition) is 3. The van der Waals surface area contributed by atoms with E-state index in [1.807, 2.05) is 19.1 Å². The van der Waals surface area contributed by atoms with Crippen molar-refractivity contribution in [1.29, 1.82) is 0 Å². The molecule has 1 heterocycles. The minimum atomic E-state index is -3.84. The van der Waals surface area contributed by atoms with Crippen LogP contribution in [0.5, 0.6) is 0 Å². The van der Waals surface area contributed by atoms with Gasteiger partial charge in [-0.1, -0.05) is 18.2 Å². The van der Waals surface area contributed by atoms with Gasteiger partial charge in [-0.05, 0) is 42.8 Å². The van der Waals surface area contributed by atoms with Gasteiger partial charge in [0.05, 0.1) is 11.2 Å². The van der Waals surface area contributed by atoms with Crippen molar-refractivity contribution in [3.8, 4) is 0 Å². The van der Waals surface area contributed by atoms with Crippen molar-refractivity contribution in [3.05, 3.63) is 60.3 Å². The number of amides is 2. The van der Waals surface area contributed by atoms with Gasteiger partial charge in [0.1, 0.15) is 4.90 Å². The second-order valence-corrected chi connectivity index (χ2v) is 7.38. The van der Waals surface area contributed by atoms with Crippen LogP contribution in [0.2, 0.25) is 0 Å². The van der Waals surface area contributed by atoms with E-state index in [1.165, 1.54) is 19.2 Å². The summed E-state index contributed by atoms with van der Waals surface area (Å²) in [5.74, 6) is 0. The van der Waals surface area contributed by atoms with E-state index < -0.39 is 16.1 Å². The molecule has 8 heteroatoms. The molecular formula is C18H18N4O3S. The Kier molecular flexibility index (Phi) is 4.77. The number of nitrogens with zero attached hydrogens (tertiary/aromatic N) is 1. The largest absolute Gasteiger partial charge is 0.341 e. The van der Waals surface area contributed by atoms with E-state index in [0.717, 1.165) is 10.9 Å². The number of aromatic nitrogens is 1. The van der Waals surface area contributed by atoms with Crippen LogP contribution in [0.1, 0.15) is 5.56 Å². The summed E-state index contributed by atoms with van der Waals surface area (Å²) in [5, 5.41) is 5.78. The van der Waals surface area contributed by atoms with E-state index in [9.17, 15) is 13.2 Å². The molecule has 0 fully saturated rings. The van der Waals surface area contributed by atoms with Gasteiger partial charge in [-0.25, -0.2) is 13.2 Å². The van der Waals surface area contributed by atoms with Gasteiger partial charge in [0, 0.05) is 24.3 Å². The molecule has 0 atom stereocenters. The second-order valence-electron chi connectivity index (χ2n) is 5.73. The molecule has 0 radical (unpaired) electrons. The fraction of sp³-hybridized carbons (Fsp3) is 0.111. The number of urea groups is 1. The topological polar surface area (TPSA) is 100 Å². The van der Waals surface area contributed by atoms with Gasteiger partial charge in [-0.15, -0.1) is 0 Å². The predicted octanol–water partition coefficient (Wildman–Crippen LogP) is 3.10. The molecule has 134 valence electrons. The molecule has 3 N–H and O–H groups in total. The number of carbonyl (C=O) groups excluding carboxylic acids is 1. The summed E-state index contributed by atoms with van der Waals surface area (Å²) in [6.07, 6.45) is 1.63. The zero-order valence-corrected chi connectivity index (χ0v) is 15.1.